The average Bonchev–Trinajstić information content (AvgIpc) is 3.32. The zero-order valence-corrected chi connectivity index (χ0v) is 17.1. The van der Waals surface area contributed by atoms with E-state index in [0.29, 0.717) is 26.4 Å². The second-order valence-electron chi connectivity index (χ2n) is 7.73. The number of benzene rings is 1. The summed E-state index contributed by atoms with van der Waals surface area (Å²) in [5, 5.41) is 3.50. The van der Waals surface area contributed by atoms with E-state index in [0.717, 1.165) is 53.6 Å². The van der Waals surface area contributed by atoms with E-state index in [1.807, 2.05) is 26.1 Å². The van der Waals surface area contributed by atoms with Crippen molar-refractivity contribution in [2.24, 2.45) is 11.8 Å². The van der Waals surface area contributed by atoms with E-state index >= 15 is 0 Å². The molecule has 2 atom stereocenters. The topological polar surface area (TPSA) is 59.5 Å². The van der Waals surface area contributed by atoms with E-state index in [1.54, 1.807) is 0 Å². The van der Waals surface area contributed by atoms with E-state index < -0.39 is 0 Å². The van der Waals surface area contributed by atoms with Crippen LogP contribution in [0.3, 0.4) is 0 Å². The molecule has 6 nitrogen and oxygen atoms in total. The van der Waals surface area contributed by atoms with Crippen molar-refractivity contribution in [3.8, 4) is 5.75 Å². The molecular formula is C22H30N4O2. The standard InChI is InChI=1S/C22H30N4O2/c1-4-27-14-19-11-24-22(26-12-17-9-18(17)13-26)25-21(19)23-10-16-6-7-20(28-5-2)15(3)8-16/h6-8,11,17-18H,4-5,9-10,12-14H2,1-3H3,(H,23,24,25). The molecule has 2 aromatic rings. The molecule has 1 saturated heterocycles. The lowest BCUT2D eigenvalue weighted by molar-refractivity contribution is 0.134. The molecule has 0 radical (unpaired) electrons. The SMILES string of the molecule is CCOCc1cnc(N2CC3CC3C2)nc1NCc1ccc(OCC)c(C)c1. The van der Waals surface area contributed by atoms with Gasteiger partial charge in [0.05, 0.1) is 13.2 Å². The number of hydrogen-bond acceptors (Lipinski definition) is 6. The smallest absolute Gasteiger partial charge is 0.227 e. The van der Waals surface area contributed by atoms with Gasteiger partial charge in [-0.1, -0.05) is 12.1 Å². The number of hydrogen-bond donors (Lipinski definition) is 1. The minimum absolute atomic E-state index is 0.521. The van der Waals surface area contributed by atoms with Gasteiger partial charge in [0.1, 0.15) is 11.6 Å². The van der Waals surface area contributed by atoms with Gasteiger partial charge in [0.2, 0.25) is 5.95 Å². The van der Waals surface area contributed by atoms with Gasteiger partial charge in [0.15, 0.2) is 0 Å². The van der Waals surface area contributed by atoms with Gasteiger partial charge in [0.25, 0.3) is 0 Å². The lowest BCUT2D eigenvalue weighted by Crippen LogP contribution is -2.24. The molecule has 1 aromatic carbocycles. The fraction of sp³-hybridized carbons (Fsp3) is 0.545. The highest BCUT2D eigenvalue weighted by Crippen LogP contribution is 2.45. The molecule has 2 unspecified atom stereocenters. The number of nitrogens with zero attached hydrogens (tertiary/aromatic N) is 3. The molecule has 0 amide bonds. The molecule has 2 heterocycles. The van der Waals surface area contributed by atoms with Gasteiger partial charge in [-0.15, -0.1) is 0 Å². The molecule has 6 heteroatoms. The molecule has 1 aromatic heterocycles. The number of fused-ring (bicyclic) bond motifs is 1. The van der Waals surface area contributed by atoms with Gasteiger partial charge in [-0.2, -0.15) is 4.98 Å². The molecular weight excluding hydrogens is 352 g/mol. The molecule has 1 N–H and O–H groups in total. The number of piperidine rings is 1. The van der Waals surface area contributed by atoms with Gasteiger partial charge in [-0.25, -0.2) is 4.98 Å². The van der Waals surface area contributed by atoms with Crippen molar-refractivity contribution in [1.82, 2.24) is 9.97 Å². The molecule has 1 saturated carbocycles. The molecule has 1 aliphatic heterocycles. The maximum Gasteiger partial charge on any atom is 0.227 e. The summed E-state index contributed by atoms with van der Waals surface area (Å²) in [5.74, 6) is 4.36. The molecule has 2 aliphatic rings. The van der Waals surface area contributed by atoms with E-state index in [-0.39, 0.29) is 0 Å². The Morgan fingerprint density at radius 3 is 2.71 bits per heavy atom. The predicted molar refractivity (Wildman–Crippen MR) is 111 cm³/mol. The fourth-order valence-electron chi connectivity index (χ4n) is 3.91. The Balaban J connectivity index is 1.48. The van der Waals surface area contributed by atoms with Crippen molar-refractivity contribution in [3.63, 3.8) is 0 Å². The number of rotatable bonds is 9. The molecule has 0 bridgehead atoms. The number of aromatic nitrogens is 2. The second kappa shape index (κ2) is 8.35. The quantitative estimate of drug-likeness (QED) is 0.712. The van der Waals surface area contributed by atoms with Crippen LogP contribution in [-0.2, 0) is 17.9 Å². The maximum atomic E-state index is 5.64. The normalized spacial score (nSPS) is 20.2. The Labute approximate surface area is 167 Å². The zero-order chi connectivity index (χ0) is 19.5. The fourth-order valence-corrected chi connectivity index (χ4v) is 3.91. The van der Waals surface area contributed by atoms with Crippen LogP contribution in [0.1, 0.15) is 37.0 Å². The highest BCUT2D eigenvalue weighted by Gasteiger charge is 2.45. The van der Waals surface area contributed by atoms with E-state index in [4.69, 9.17) is 14.5 Å². The summed E-state index contributed by atoms with van der Waals surface area (Å²) in [5.41, 5.74) is 3.35. The molecule has 2 fully saturated rings. The third-order valence-corrected chi connectivity index (χ3v) is 5.57. The first kappa shape index (κ1) is 19.0. The first-order chi connectivity index (χ1) is 13.7. The minimum atomic E-state index is 0.521. The third kappa shape index (κ3) is 4.22. The Morgan fingerprint density at radius 2 is 2.00 bits per heavy atom. The van der Waals surface area contributed by atoms with Crippen LogP contribution in [0.15, 0.2) is 24.4 Å². The average molecular weight is 383 g/mol. The van der Waals surface area contributed by atoms with E-state index in [1.165, 1.54) is 12.0 Å². The monoisotopic (exact) mass is 382 g/mol. The van der Waals surface area contributed by atoms with Gasteiger partial charge >= 0.3 is 0 Å². The summed E-state index contributed by atoms with van der Waals surface area (Å²) >= 11 is 0. The van der Waals surface area contributed by atoms with Crippen LogP contribution in [0.2, 0.25) is 0 Å². The summed E-state index contributed by atoms with van der Waals surface area (Å²) in [6.07, 6.45) is 3.29. The van der Waals surface area contributed by atoms with Crippen LogP contribution < -0.4 is 15.0 Å². The number of anilines is 2. The zero-order valence-electron chi connectivity index (χ0n) is 17.1. The predicted octanol–water partition coefficient (Wildman–Crippen LogP) is 3.79. The van der Waals surface area contributed by atoms with Crippen molar-refractivity contribution in [2.45, 2.75) is 40.3 Å². The highest BCUT2D eigenvalue weighted by atomic mass is 16.5. The van der Waals surface area contributed by atoms with Gasteiger partial charge < -0.3 is 19.7 Å². The summed E-state index contributed by atoms with van der Waals surface area (Å²) in [6.45, 7) is 10.8. The van der Waals surface area contributed by atoms with Crippen molar-refractivity contribution < 1.29 is 9.47 Å². The first-order valence-corrected chi connectivity index (χ1v) is 10.3. The summed E-state index contributed by atoms with van der Waals surface area (Å²) in [6, 6.07) is 6.30. The molecule has 1 aliphatic carbocycles. The highest BCUT2D eigenvalue weighted by molar-refractivity contribution is 5.49. The number of aryl methyl sites for hydroxylation is 1. The number of nitrogens with one attached hydrogen (secondary N) is 1. The van der Waals surface area contributed by atoms with Crippen LogP contribution in [-0.4, -0.2) is 36.3 Å². The first-order valence-electron chi connectivity index (χ1n) is 10.3. The van der Waals surface area contributed by atoms with Crippen molar-refractivity contribution in [2.75, 3.05) is 36.5 Å². The largest absolute Gasteiger partial charge is 0.494 e. The van der Waals surface area contributed by atoms with Crippen LogP contribution in [0.4, 0.5) is 11.8 Å². The van der Waals surface area contributed by atoms with Crippen molar-refractivity contribution >= 4 is 11.8 Å². The molecule has 0 spiro atoms. The van der Waals surface area contributed by atoms with Gasteiger partial charge in [0, 0.05) is 38.0 Å². The van der Waals surface area contributed by atoms with Crippen LogP contribution in [0.25, 0.3) is 0 Å². The van der Waals surface area contributed by atoms with Crippen LogP contribution in [0.5, 0.6) is 5.75 Å². The molecule has 4 rings (SSSR count). The summed E-state index contributed by atoms with van der Waals surface area (Å²) < 4.78 is 11.3. The molecule has 28 heavy (non-hydrogen) atoms. The Morgan fingerprint density at radius 1 is 1.18 bits per heavy atom. The Bertz CT molecular complexity index is 816. The van der Waals surface area contributed by atoms with Crippen LogP contribution >= 0.6 is 0 Å². The summed E-state index contributed by atoms with van der Waals surface area (Å²) in [4.78, 5) is 11.8. The van der Waals surface area contributed by atoms with E-state index in [9.17, 15) is 0 Å². The lowest BCUT2D eigenvalue weighted by atomic mass is 10.1. The second-order valence-corrected chi connectivity index (χ2v) is 7.73. The number of ether oxygens (including phenoxy) is 2. The van der Waals surface area contributed by atoms with E-state index in [2.05, 4.69) is 34.3 Å². The Hall–Kier alpha value is -2.34. The Kier molecular flexibility index (Phi) is 5.67. The lowest BCUT2D eigenvalue weighted by Gasteiger charge is -2.20. The van der Waals surface area contributed by atoms with Crippen molar-refractivity contribution in [3.05, 3.63) is 41.1 Å². The van der Waals surface area contributed by atoms with Gasteiger partial charge in [-0.3, -0.25) is 0 Å². The third-order valence-electron chi connectivity index (χ3n) is 5.57. The minimum Gasteiger partial charge on any atom is -0.494 e. The maximum absolute atomic E-state index is 5.64. The summed E-state index contributed by atoms with van der Waals surface area (Å²) in [7, 11) is 0. The van der Waals surface area contributed by atoms with Gasteiger partial charge in [-0.05, 0) is 56.2 Å². The van der Waals surface area contributed by atoms with Crippen LogP contribution in [0, 0.1) is 18.8 Å². The van der Waals surface area contributed by atoms with Crippen molar-refractivity contribution in [1.29, 1.82) is 0 Å². The molecule has 150 valence electrons.